The summed E-state index contributed by atoms with van der Waals surface area (Å²) in [4.78, 5) is 27.5. The number of rotatable bonds is 1. The van der Waals surface area contributed by atoms with Gasteiger partial charge in [0.15, 0.2) is 0 Å². The van der Waals surface area contributed by atoms with Crippen LogP contribution in [0.4, 0.5) is 13.2 Å². The number of aromatic nitrogens is 2. The Kier molecular flexibility index (Phi) is 2.57. The number of aromatic carboxylic acids is 1. The molecule has 5 nitrogen and oxygen atoms in total. The predicted octanol–water partition coefficient (Wildman–Crippen LogP) is 1.64. The second kappa shape index (κ2) is 3.83. The fourth-order valence-electron chi connectivity index (χ4n) is 1.42. The summed E-state index contributed by atoms with van der Waals surface area (Å²) in [7, 11) is 0. The molecule has 0 saturated heterocycles. The second-order valence-electron chi connectivity index (χ2n) is 3.45. The monoisotopic (exact) mass is 258 g/mol. The van der Waals surface area contributed by atoms with Crippen molar-refractivity contribution in [1.82, 2.24) is 9.97 Å². The van der Waals surface area contributed by atoms with Gasteiger partial charge in [-0.25, -0.2) is 9.78 Å². The molecular formula is C10H5F3N2O3. The van der Waals surface area contributed by atoms with Crippen molar-refractivity contribution in [3.63, 3.8) is 0 Å². The van der Waals surface area contributed by atoms with Crippen molar-refractivity contribution < 1.29 is 23.1 Å². The third-order valence-corrected chi connectivity index (χ3v) is 2.24. The summed E-state index contributed by atoms with van der Waals surface area (Å²) in [5, 5.41) is 8.54. The van der Waals surface area contributed by atoms with E-state index in [4.69, 9.17) is 5.11 Å². The summed E-state index contributed by atoms with van der Waals surface area (Å²) in [6, 6.07) is 2.33. The first-order chi connectivity index (χ1) is 8.29. The number of halogens is 3. The number of alkyl halides is 3. The average molecular weight is 258 g/mol. The van der Waals surface area contributed by atoms with Crippen molar-refractivity contribution in [1.29, 1.82) is 0 Å². The van der Waals surface area contributed by atoms with Crippen molar-refractivity contribution in [2.75, 3.05) is 0 Å². The zero-order valence-electron chi connectivity index (χ0n) is 8.58. The van der Waals surface area contributed by atoms with E-state index in [-0.39, 0.29) is 10.9 Å². The molecule has 2 aromatic rings. The molecule has 0 aliphatic heterocycles. The minimum absolute atomic E-state index is 0.104. The van der Waals surface area contributed by atoms with Gasteiger partial charge in [0, 0.05) is 0 Å². The van der Waals surface area contributed by atoms with Gasteiger partial charge in [-0.2, -0.15) is 13.2 Å². The first-order valence-electron chi connectivity index (χ1n) is 4.63. The summed E-state index contributed by atoms with van der Waals surface area (Å²) in [6.45, 7) is 0. The largest absolute Gasteiger partial charge is 0.475 e. The maximum atomic E-state index is 12.4. The molecule has 1 aromatic carbocycles. The molecule has 8 heteroatoms. The van der Waals surface area contributed by atoms with E-state index in [1.165, 1.54) is 0 Å². The highest BCUT2D eigenvalue weighted by Gasteiger charge is 2.30. The van der Waals surface area contributed by atoms with E-state index in [1.807, 2.05) is 4.98 Å². The zero-order chi connectivity index (χ0) is 13.5. The van der Waals surface area contributed by atoms with Gasteiger partial charge in [0.1, 0.15) is 0 Å². The minimum atomic E-state index is -4.58. The van der Waals surface area contributed by atoms with E-state index >= 15 is 0 Å². The number of nitrogens with zero attached hydrogens (tertiary/aromatic N) is 1. The van der Waals surface area contributed by atoms with Crippen molar-refractivity contribution in [2.45, 2.75) is 6.18 Å². The predicted molar refractivity (Wildman–Crippen MR) is 54.3 cm³/mol. The quantitative estimate of drug-likeness (QED) is 0.814. The van der Waals surface area contributed by atoms with E-state index in [0.29, 0.717) is 6.07 Å². The highest BCUT2D eigenvalue weighted by atomic mass is 19.4. The Bertz CT molecular complexity index is 691. The fourth-order valence-corrected chi connectivity index (χ4v) is 1.42. The van der Waals surface area contributed by atoms with Gasteiger partial charge < -0.3 is 10.1 Å². The standard InChI is InChI=1S/C10H5F3N2O3/c11-10(12,13)4-1-2-5-6(3-4)14-7(9(17)18)15-8(5)16/h1-3H,(H,17,18)(H,14,15,16). The number of H-pyrrole nitrogens is 1. The second-order valence-corrected chi connectivity index (χ2v) is 3.45. The molecule has 0 spiro atoms. The van der Waals surface area contributed by atoms with Crippen LogP contribution in [0.1, 0.15) is 16.2 Å². The van der Waals surface area contributed by atoms with Gasteiger partial charge in [-0.15, -0.1) is 0 Å². The lowest BCUT2D eigenvalue weighted by atomic mass is 10.1. The number of nitrogens with one attached hydrogen (secondary N) is 1. The number of carboxylic acids is 1. The molecule has 0 aliphatic carbocycles. The summed E-state index contributed by atoms with van der Waals surface area (Å²) >= 11 is 0. The zero-order valence-corrected chi connectivity index (χ0v) is 8.58. The van der Waals surface area contributed by atoms with Crippen LogP contribution >= 0.6 is 0 Å². The normalized spacial score (nSPS) is 11.7. The lowest BCUT2D eigenvalue weighted by Gasteiger charge is -2.07. The molecule has 1 aromatic heterocycles. The molecule has 94 valence electrons. The Morgan fingerprint density at radius 1 is 1.33 bits per heavy atom. The number of hydrogen-bond acceptors (Lipinski definition) is 3. The molecule has 18 heavy (non-hydrogen) atoms. The van der Waals surface area contributed by atoms with E-state index < -0.39 is 29.1 Å². The Balaban J connectivity index is 2.76. The molecule has 0 aliphatic rings. The van der Waals surface area contributed by atoms with Gasteiger partial charge in [-0.1, -0.05) is 0 Å². The van der Waals surface area contributed by atoms with E-state index in [2.05, 4.69) is 4.98 Å². The Hall–Kier alpha value is -2.38. The topological polar surface area (TPSA) is 83.0 Å². The van der Waals surface area contributed by atoms with Crippen LogP contribution in [0.3, 0.4) is 0 Å². The van der Waals surface area contributed by atoms with E-state index in [0.717, 1.165) is 12.1 Å². The van der Waals surface area contributed by atoms with Crippen LogP contribution in [-0.4, -0.2) is 21.0 Å². The molecule has 0 amide bonds. The Morgan fingerprint density at radius 3 is 2.56 bits per heavy atom. The number of hydrogen-bond donors (Lipinski definition) is 2. The number of carbonyl (C=O) groups is 1. The highest BCUT2D eigenvalue weighted by molar-refractivity contribution is 5.87. The smallest absolute Gasteiger partial charge is 0.416 e. The molecule has 1 heterocycles. The molecule has 0 bridgehead atoms. The van der Waals surface area contributed by atoms with Crippen LogP contribution in [-0.2, 0) is 6.18 Å². The van der Waals surface area contributed by atoms with Gasteiger partial charge >= 0.3 is 12.1 Å². The lowest BCUT2D eigenvalue weighted by molar-refractivity contribution is -0.137. The number of carboxylic acid groups (broad SMARTS) is 1. The molecular weight excluding hydrogens is 253 g/mol. The maximum absolute atomic E-state index is 12.4. The fraction of sp³-hybridized carbons (Fsp3) is 0.100. The number of fused-ring (bicyclic) bond motifs is 1. The van der Waals surface area contributed by atoms with Crippen molar-refractivity contribution in [3.8, 4) is 0 Å². The molecule has 2 rings (SSSR count). The van der Waals surface area contributed by atoms with Crippen molar-refractivity contribution >= 4 is 16.9 Å². The Morgan fingerprint density at radius 2 is 2.00 bits per heavy atom. The van der Waals surface area contributed by atoms with E-state index in [9.17, 15) is 22.8 Å². The van der Waals surface area contributed by atoms with Crippen LogP contribution in [0, 0.1) is 0 Å². The summed E-state index contributed by atoms with van der Waals surface area (Å²) < 4.78 is 37.3. The molecule has 2 N–H and O–H groups in total. The molecule has 0 fully saturated rings. The Labute approximate surface area is 96.9 Å². The average Bonchev–Trinajstić information content (AvgIpc) is 2.26. The third-order valence-electron chi connectivity index (χ3n) is 2.24. The first kappa shape index (κ1) is 12.1. The highest BCUT2D eigenvalue weighted by Crippen LogP contribution is 2.30. The van der Waals surface area contributed by atoms with Crippen molar-refractivity contribution in [2.24, 2.45) is 0 Å². The number of benzene rings is 1. The first-order valence-corrected chi connectivity index (χ1v) is 4.63. The van der Waals surface area contributed by atoms with Crippen LogP contribution in [0.5, 0.6) is 0 Å². The summed E-state index contributed by atoms with van der Waals surface area (Å²) in [6.07, 6.45) is -4.58. The molecule has 0 unspecified atom stereocenters. The number of aromatic amines is 1. The minimum Gasteiger partial charge on any atom is -0.475 e. The van der Waals surface area contributed by atoms with Gasteiger partial charge in [0.05, 0.1) is 16.5 Å². The summed E-state index contributed by atoms with van der Waals surface area (Å²) in [5.41, 5.74) is -2.11. The third kappa shape index (κ3) is 2.04. The van der Waals surface area contributed by atoms with Gasteiger partial charge in [-0.3, -0.25) is 4.79 Å². The molecule has 0 saturated carbocycles. The maximum Gasteiger partial charge on any atom is 0.416 e. The van der Waals surface area contributed by atoms with Gasteiger partial charge in [0.2, 0.25) is 5.82 Å². The van der Waals surface area contributed by atoms with Crippen LogP contribution in [0.25, 0.3) is 10.9 Å². The molecule has 0 atom stereocenters. The summed E-state index contributed by atoms with van der Waals surface area (Å²) in [5.74, 6) is -2.22. The van der Waals surface area contributed by atoms with E-state index in [1.54, 1.807) is 0 Å². The van der Waals surface area contributed by atoms with Gasteiger partial charge in [0.25, 0.3) is 5.56 Å². The van der Waals surface area contributed by atoms with Crippen LogP contribution < -0.4 is 5.56 Å². The molecule has 0 radical (unpaired) electrons. The van der Waals surface area contributed by atoms with Crippen LogP contribution in [0.15, 0.2) is 23.0 Å². The van der Waals surface area contributed by atoms with Crippen molar-refractivity contribution in [3.05, 3.63) is 39.9 Å². The van der Waals surface area contributed by atoms with Gasteiger partial charge in [-0.05, 0) is 18.2 Å². The SMILES string of the molecule is O=C(O)c1nc2cc(C(F)(F)F)ccc2c(=O)[nH]1. The van der Waals surface area contributed by atoms with Crippen LogP contribution in [0.2, 0.25) is 0 Å². The lowest BCUT2D eigenvalue weighted by Crippen LogP contribution is -2.16.